The van der Waals surface area contributed by atoms with E-state index in [1.165, 1.54) is 19.1 Å². The molecule has 2 heterocycles. The van der Waals surface area contributed by atoms with E-state index in [1.807, 2.05) is 6.07 Å². The van der Waals surface area contributed by atoms with Crippen molar-refractivity contribution in [1.29, 1.82) is 5.26 Å². The van der Waals surface area contributed by atoms with E-state index in [-0.39, 0.29) is 9.09 Å². The number of nitrogens with one attached hydrogen (secondary N) is 1. The molecular formula is C10H9N3O4S2. The van der Waals surface area contributed by atoms with Crippen LogP contribution in [0.3, 0.4) is 0 Å². The lowest BCUT2D eigenvalue weighted by molar-refractivity contribution is -0.136. The maximum absolute atomic E-state index is 12.3. The van der Waals surface area contributed by atoms with E-state index in [0.717, 1.165) is 15.6 Å². The van der Waals surface area contributed by atoms with Crippen LogP contribution < -0.4 is 5.32 Å². The zero-order valence-corrected chi connectivity index (χ0v) is 11.4. The topological polar surface area (TPSA) is 107 Å². The van der Waals surface area contributed by atoms with E-state index < -0.39 is 34.4 Å². The van der Waals surface area contributed by atoms with Gasteiger partial charge in [0.05, 0.1) is 6.54 Å². The Kier molecular flexibility index (Phi) is 3.40. The van der Waals surface area contributed by atoms with Gasteiger partial charge >= 0.3 is 0 Å². The van der Waals surface area contributed by atoms with Crippen molar-refractivity contribution in [2.45, 2.75) is 17.2 Å². The second-order valence-electron chi connectivity index (χ2n) is 3.87. The van der Waals surface area contributed by atoms with Gasteiger partial charge in [0.2, 0.25) is 11.8 Å². The molecule has 1 aliphatic rings. The number of piperazine rings is 1. The average Bonchev–Trinajstić information content (AvgIpc) is 2.83. The van der Waals surface area contributed by atoms with Crippen molar-refractivity contribution in [3.05, 3.63) is 17.0 Å². The summed E-state index contributed by atoms with van der Waals surface area (Å²) >= 11 is 0.804. The molecule has 2 amide bonds. The highest BCUT2D eigenvalue weighted by atomic mass is 32.2. The molecular weight excluding hydrogens is 290 g/mol. The maximum Gasteiger partial charge on any atom is 0.253 e. The third-order valence-corrected chi connectivity index (χ3v) is 6.00. The van der Waals surface area contributed by atoms with Gasteiger partial charge in [0, 0.05) is 0 Å². The minimum Gasteiger partial charge on any atom is -0.294 e. The smallest absolute Gasteiger partial charge is 0.253 e. The fourth-order valence-electron chi connectivity index (χ4n) is 1.62. The molecule has 2 rings (SSSR count). The zero-order chi connectivity index (χ0) is 14.2. The number of nitrogens with zero attached hydrogens (tertiary/aromatic N) is 2. The van der Waals surface area contributed by atoms with Crippen LogP contribution in [-0.2, 0) is 19.6 Å². The molecule has 1 atom stereocenters. The van der Waals surface area contributed by atoms with Crippen molar-refractivity contribution >= 4 is 33.2 Å². The van der Waals surface area contributed by atoms with Gasteiger partial charge in [-0.25, -0.2) is 8.42 Å². The molecule has 7 nitrogen and oxygen atoms in total. The van der Waals surface area contributed by atoms with Gasteiger partial charge < -0.3 is 0 Å². The molecule has 100 valence electrons. The quantitative estimate of drug-likeness (QED) is 0.751. The van der Waals surface area contributed by atoms with Crippen molar-refractivity contribution in [2.24, 2.45) is 0 Å². The Morgan fingerprint density at radius 2 is 2.16 bits per heavy atom. The maximum atomic E-state index is 12.3. The molecule has 1 N–H and O–H groups in total. The zero-order valence-electron chi connectivity index (χ0n) is 9.78. The summed E-state index contributed by atoms with van der Waals surface area (Å²) in [6, 6.07) is 3.55. The number of imide groups is 1. The lowest BCUT2D eigenvalue weighted by atomic mass is 10.2. The summed E-state index contributed by atoms with van der Waals surface area (Å²) in [6.07, 6.45) is 0. The number of hydrogen-bond acceptors (Lipinski definition) is 6. The lowest BCUT2D eigenvalue weighted by Gasteiger charge is -2.30. The Morgan fingerprint density at radius 3 is 2.74 bits per heavy atom. The van der Waals surface area contributed by atoms with Gasteiger partial charge in [0.1, 0.15) is 21.2 Å². The van der Waals surface area contributed by atoms with E-state index in [1.54, 1.807) is 0 Å². The number of hydrogen-bond donors (Lipinski definition) is 1. The Bertz CT molecular complexity index is 686. The van der Waals surface area contributed by atoms with Gasteiger partial charge in [0.25, 0.3) is 10.0 Å². The van der Waals surface area contributed by atoms with E-state index in [9.17, 15) is 18.0 Å². The Balaban J connectivity index is 2.41. The van der Waals surface area contributed by atoms with Gasteiger partial charge in [-0.2, -0.15) is 9.57 Å². The molecule has 0 aliphatic carbocycles. The van der Waals surface area contributed by atoms with Crippen LogP contribution in [0.1, 0.15) is 11.8 Å². The molecule has 19 heavy (non-hydrogen) atoms. The third-order valence-electron chi connectivity index (χ3n) is 2.63. The minimum absolute atomic E-state index is 0.0570. The van der Waals surface area contributed by atoms with Crippen molar-refractivity contribution < 1.29 is 18.0 Å². The first kappa shape index (κ1) is 13.7. The van der Waals surface area contributed by atoms with Crippen molar-refractivity contribution in [3.8, 4) is 6.07 Å². The van der Waals surface area contributed by atoms with Gasteiger partial charge in [-0.1, -0.05) is 0 Å². The predicted molar refractivity (Wildman–Crippen MR) is 65.5 cm³/mol. The average molecular weight is 299 g/mol. The molecule has 1 fully saturated rings. The number of thiophene rings is 1. The number of carbonyl (C=O) groups excluding carboxylic acids is 2. The van der Waals surface area contributed by atoms with Crippen LogP contribution >= 0.6 is 11.3 Å². The molecule has 1 aromatic rings. The molecule has 9 heteroatoms. The Hall–Kier alpha value is -1.76. The molecule has 1 aromatic heterocycles. The van der Waals surface area contributed by atoms with Gasteiger partial charge in [0.15, 0.2) is 0 Å². The van der Waals surface area contributed by atoms with Crippen LogP contribution in [0.25, 0.3) is 0 Å². The molecule has 1 unspecified atom stereocenters. The van der Waals surface area contributed by atoms with Gasteiger partial charge in [-0.3, -0.25) is 14.9 Å². The van der Waals surface area contributed by atoms with Crippen LogP contribution in [0.2, 0.25) is 0 Å². The van der Waals surface area contributed by atoms with Crippen LogP contribution in [-0.4, -0.2) is 37.1 Å². The molecule has 0 spiro atoms. The summed E-state index contributed by atoms with van der Waals surface area (Å²) in [4.78, 5) is 23.0. The Labute approximate surface area is 113 Å². The van der Waals surface area contributed by atoms with E-state index >= 15 is 0 Å². The first-order chi connectivity index (χ1) is 8.86. The molecule has 1 aliphatic heterocycles. The fourth-order valence-corrected chi connectivity index (χ4v) is 4.40. The monoisotopic (exact) mass is 299 g/mol. The highest BCUT2D eigenvalue weighted by Gasteiger charge is 2.39. The molecule has 0 aromatic carbocycles. The molecule has 0 bridgehead atoms. The molecule has 0 saturated carbocycles. The third kappa shape index (κ3) is 2.37. The van der Waals surface area contributed by atoms with Crippen molar-refractivity contribution in [3.63, 3.8) is 0 Å². The standard InChI is InChI=1S/C10H9N3O4S2/c1-6-10(15)12-8(14)5-13(6)19(16,17)9-3-2-7(4-11)18-9/h2-3,6H,5H2,1H3,(H,12,14,15). The molecule has 1 saturated heterocycles. The van der Waals surface area contributed by atoms with E-state index in [2.05, 4.69) is 5.32 Å². The lowest BCUT2D eigenvalue weighted by Crippen LogP contribution is -2.58. The van der Waals surface area contributed by atoms with E-state index in [0.29, 0.717) is 0 Å². The Morgan fingerprint density at radius 1 is 1.47 bits per heavy atom. The first-order valence-corrected chi connectivity index (χ1v) is 7.47. The number of nitriles is 1. The summed E-state index contributed by atoms with van der Waals surface area (Å²) in [5.41, 5.74) is 0. The van der Waals surface area contributed by atoms with Crippen LogP contribution in [0.15, 0.2) is 16.3 Å². The second-order valence-corrected chi connectivity index (χ2v) is 7.07. The number of amides is 2. The highest BCUT2D eigenvalue weighted by Crippen LogP contribution is 2.26. The highest BCUT2D eigenvalue weighted by molar-refractivity contribution is 7.91. The van der Waals surface area contributed by atoms with Crippen molar-refractivity contribution in [2.75, 3.05) is 6.54 Å². The summed E-state index contributed by atoms with van der Waals surface area (Å²) in [6.45, 7) is 0.993. The largest absolute Gasteiger partial charge is 0.294 e. The second kappa shape index (κ2) is 4.73. The normalized spacial score (nSPS) is 20.9. The molecule has 0 radical (unpaired) electrons. The van der Waals surface area contributed by atoms with Gasteiger partial charge in [-0.05, 0) is 19.1 Å². The van der Waals surface area contributed by atoms with Crippen LogP contribution in [0.5, 0.6) is 0 Å². The first-order valence-electron chi connectivity index (χ1n) is 5.21. The summed E-state index contributed by atoms with van der Waals surface area (Å²) in [5.74, 6) is -1.32. The predicted octanol–water partition coefficient (Wildman–Crippen LogP) is -0.345. The van der Waals surface area contributed by atoms with E-state index in [4.69, 9.17) is 5.26 Å². The minimum atomic E-state index is -3.95. The van der Waals surface area contributed by atoms with Gasteiger partial charge in [-0.15, -0.1) is 11.3 Å². The summed E-state index contributed by atoms with van der Waals surface area (Å²) in [5, 5.41) is 10.8. The SMILES string of the molecule is CC1C(=O)NC(=O)CN1S(=O)(=O)c1ccc(C#N)s1. The summed E-state index contributed by atoms with van der Waals surface area (Å²) in [7, 11) is -3.95. The summed E-state index contributed by atoms with van der Waals surface area (Å²) < 4.78 is 25.4. The fraction of sp³-hybridized carbons (Fsp3) is 0.300. The van der Waals surface area contributed by atoms with Crippen LogP contribution in [0, 0.1) is 11.3 Å². The van der Waals surface area contributed by atoms with Crippen molar-refractivity contribution in [1.82, 2.24) is 9.62 Å². The number of carbonyl (C=O) groups is 2. The number of sulfonamides is 1. The van der Waals surface area contributed by atoms with Crippen LogP contribution in [0.4, 0.5) is 0 Å². The number of rotatable bonds is 2.